The highest BCUT2D eigenvalue weighted by molar-refractivity contribution is 5.30. The fourth-order valence-electron chi connectivity index (χ4n) is 2.56. The zero-order valence-corrected chi connectivity index (χ0v) is 11.3. The van der Waals surface area contributed by atoms with Crippen LogP contribution in [0.1, 0.15) is 37.4 Å². The number of rotatable bonds is 6. The second kappa shape index (κ2) is 6.89. The quantitative estimate of drug-likeness (QED) is 0.728. The molecule has 4 nitrogen and oxygen atoms in total. The molecule has 1 aliphatic rings. The van der Waals surface area contributed by atoms with Gasteiger partial charge >= 0.3 is 0 Å². The van der Waals surface area contributed by atoms with Crippen molar-refractivity contribution < 1.29 is 9.84 Å². The normalized spacial score (nSPS) is 19.3. The van der Waals surface area contributed by atoms with E-state index >= 15 is 0 Å². The van der Waals surface area contributed by atoms with Crippen LogP contribution < -0.4 is 16.2 Å². The van der Waals surface area contributed by atoms with Gasteiger partial charge in [-0.05, 0) is 36.5 Å². The van der Waals surface area contributed by atoms with E-state index in [1.807, 2.05) is 24.3 Å². The lowest BCUT2D eigenvalue weighted by molar-refractivity contribution is 0.148. The molecule has 2 rings (SSSR count). The zero-order chi connectivity index (χ0) is 13.7. The highest BCUT2D eigenvalue weighted by Crippen LogP contribution is 2.26. The van der Waals surface area contributed by atoms with Crippen molar-refractivity contribution in [3.8, 4) is 5.75 Å². The Hall–Kier alpha value is -1.10. The minimum absolute atomic E-state index is 0.258. The van der Waals surface area contributed by atoms with Crippen LogP contribution in [0.3, 0.4) is 0 Å². The molecule has 0 radical (unpaired) electrons. The lowest BCUT2D eigenvalue weighted by atomic mass is 10.0. The minimum atomic E-state index is -0.736. The van der Waals surface area contributed by atoms with E-state index < -0.39 is 12.1 Å². The lowest BCUT2D eigenvalue weighted by Gasteiger charge is -2.18. The number of nitrogens with two attached hydrogens (primary N) is 2. The Kier molecular flexibility index (Phi) is 5.19. The van der Waals surface area contributed by atoms with Crippen molar-refractivity contribution in [2.24, 2.45) is 17.4 Å². The summed E-state index contributed by atoms with van der Waals surface area (Å²) in [5.41, 5.74) is 12.0. The van der Waals surface area contributed by atoms with Gasteiger partial charge in [0, 0.05) is 12.6 Å². The number of benzene rings is 1. The standard InChI is InChI=1S/C15H24N2O2/c16-9-14(17)15(18)12-6-3-7-13(8-12)19-10-11-4-1-2-5-11/h3,6-8,11,14-15,18H,1-2,4-5,9-10,16-17H2. The van der Waals surface area contributed by atoms with Crippen molar-refractivity contribution in [2.75, 3.05) is 13.2 Å². The van der Waals surface area contributed by atoms with E-state index in [2.05, 4.69) is 0 Å². The second-order valence-corrected chi connectivity index (χ2v) is 5.38. The summed E-state index contributed by atoms with van der Waals surface area (Å²) < 4.78 is 5.81. The van der Waals surface area contributed by atoms with Gasteiger partial charge in [-0.1, -0.05) is 25.0 Å². The number of ether oxygens (including phenoxy) is 1. The number of aliphatic hydroxyl groups excluding tert-OH is 1. The van der Waals surface area contributed by atoms with Crippen LogP contribution in [-0.2, 0) is 0 Å². The van der Waals surface area contributed by atoms with Gasteiger partial charge in [0.05, 0.1) is 12.7 Å². The van der Waals surface area contributed by atoms with Gasteiger partial charge in [-0.15, -0.1) is 0 Å². The van der Waals surface area contributed by atoms with Crippen LogP contribution >= 0.6 is 0 Å². The lowest BCUT2D eigenvalue weighted by Crippen LogP contribution is -2.35. The first-order valence-corrected chi connectivity index (χ1v) is 7.07. The first-order chi connectivity index (χ1) is 9.20. The van der Waals surface area contributed by atoms with E-state index in [0.717, 1.165) is 17.9 Å². The summed E-state index contributed by atoms with van der Waals surface area (Å²) in [4.78, 5) is 0. The summed E-state index contributed by atoms with van der Waals surface area (Å²) in [5, 5.41) is 10.0. The second-order valence-electron chi connectivity index (χ2n) is 5.38. The number of aliphatic hydroxyl groups is 1. The Morgan fingerprint density at radius 3 is 2.74 bits per heavy atom. The molecule has 1 aromatic rings. The zero-order valence-electron chi connectivity index (χ0n) is 11.3. The van der Waals surface area contributed by atoms with E-state index in [0.29, 0.717) is 5.92 Å². The van der Waals surface area contributed by atoms with Gasteiger partial charge < -0.3 is 21.3 Å². The monoisotopic (exact) mass is 264 g/mol. The van der Waals surface area contributed by atoms with Crippen LogP contribution in [0.25, 0.3) is 0 Å². The Morgan fingerprint density at radius 2 is 2.05 bits per heavy atom. The molecule has 5 N–H and O–H groups in total. The molecule has 1 aliphatic carbocycles. The molecule has 1 fully saturated rings. The highest BCUT2D eigenvalue weighted by Gasteiger charge is 2.17. The topological polar surface area (TPSA) is 81.5 Å². The third-order valence-corrected chi connectivity index (χ3v) is 3.84. The van der Waals surface area contributed by atoms with Crippen molar-refractivity contribution >= 4 is 0 Å². The van der Waals surface area contributed by atoms with Crippen LogP contribution in [-0.4, -0.2) is 24.3 Å². The Morgan fingerprint density at radius 1 is 1.32 bits per heavy atom. The fourth-order valence-corrected chi connectivity index (χ4v) is 2.56. The Labute approximate surface area is 114 Å². The average molecular weight is 264 g/mol. The smallest absolute Gasteiger partial charge is 0.119 e. The summed E-state index contributed by atoms with van der Waals surface area (Å²) in [5.74, 6) is 1.48. The van der Waals surface area contributed by atoms with Gasteiger partial charge in [0.2, 0.25) is 0 Å². The van der Waals surface area contributed by atoms with Crippen molar-refractivity contribution in [1.29, 1.82) is 0 Å². The molecule has 0 aromatic heterocycles. The summed E-state index contributed by atoms with van der Waals surface area (Å²) >= 11 is 0. The maximum atomic E-state index is 10.0. The largest absolute Gasteiger partial charge is 0.493 e. The third kappa shape index (κ3) is 3.93. The molecule has 106 valence electrons. The van der Waals surface area contributed by atoms with Gasteiger partial charge in [0.15, 0.2) is 0 Å². The van der Waals surface area contributed by atoms with E-state index in [9.17, 15) is 5.11 Å². The summed E-state index contributed by atoms with van der Waals surface area (Å²) in [6, 6.07) is 7.06. The summed E-state index contributed by atoms with van der Waals surface area (Å²) in [6.45, 7) is 1.02. The number of hydrogen-bond acceptors (Lipinski definition) is 4. The van der Waals surface area contributed by atoms with E-state index in [4.69, 9.17) is 16.2 Å². The van der Waals surface area contributed by atoms with Crippen LogP contribution in [0.4, 0.5) is 0 Å². The molecule has 1 saturated carbocycles. The molecule has 0 saturated heterocycles. The Bertz CT molecular complexity index is 391. The van der Waals surface area contributed by atoms with Crippen molar-refractivity contribution in [1.82, 2.24) is 0 Å². The first kappa shape index (κ1) is 14.3. The predicted octanol–water partition coefficient (Wildman–Crippen LogP) is 1.57. The summed E-state index contributed by atoms with van der Waals surface area (Å²) in [7, 11) is 0. The van der Waals surface area contributed by atoms with Gasteiger partial charge in [0.1, 0.15) is 5.75 Å². The van der Waals surface area contributed by atoms with Crippen molar-refractivity contribution in [3.63, 3.8) is 0 Å². The van der Waals surface area contributed by atoms with Gasteiger partial charge in [-0.3, -0.25) is 0 Å². The number of hydrogen-bond donors (Lipinski definition) is 3. The van der Waals surface area contributed by atoms with Crippen LogP contribution in [0.2, 0.25) is 0 Å². The van der Waals surface area contributed by atoms with Crippen molar-refractivity contribution in [2.45, 2.75) is 37.8 Å². The molecule has 0 bridgehead atoms. The molecular formula is C15H24N2O2. The minimum Gasteiger partial charge on any atom is -0.493 e. The maximum absolute atomic E-state index is 10.0. The SMILES string of the molecule is NCC(N)C(O)c1cccc(OCC2CCCC2)c1. The molecule has 2 unspecified atom stereocenters. The third-order valence-electron chi connectivity index (χ3n) is 3.84. The molecule has 0 amide bonds. The molecular weight excluding hydrogens is 240 g/mol. The molecule has 0 heterocycles. The molecule has 19 heavy (non-hydrogen) atoms. The maximum Gasteiger partial charge on any atom is 0.119 e. The Balaban J connectivity index is 1.94. The van der Waals surface area contributed by atoms with E-state index in [1.54, 1.807) is 0 Å². The first-order valence-electron chi connectivity index (χ1n) is 7.07. The molecule has 4 heteroatoms. The molecule has 0 aliphatic heterocycles. The van der Waals surface area contributed by atoms with Gasteiger partial charge in [0.25, 0.3) is 0 Å². The van der Waals surface area contributed by atoms with Crippen molar-refractivity contribution in [3.05, 3.63) is 29.8 Å². The average Bonchev–Trinajstić information content (AvgIpc) is 2.97. The van der Waals surface area contributed by atoms with E-state index in [-0.39, 0.29) is 6.54 Å². The fraction of sp³-hybridized carbons (Fsp3) is 0.600. The van der Waals surface area contributed by atoms with E-state index in [1.165, 1.54) is 25.7 Å². The van der Waals surface area contributed by atoms with Crippen LogP contribution in [0.5, 0.6) is 5.75 Å². The molecule has 0 spiro atoms. The van der Waals surface area contributed by atoms with Crippen LogP contribution in [0.15, 0.2) is 24.3 Å². The van der Waals surface area contributed by atoms with Gasteiger partial charge in [-0.25, -0.2) is 0 Å². The molecule has 2 atom stereocenters. The predicted molar refractivity (Wildman–Crippen MR) is 75.9 cm³/mol. The summed E-state index contributed by atoms with van der Waals surface area (Å²) in [6.07, 6.45) is 4.43. The van der Waals surface area contributed by atoms with Gasteiger partial charge in [-0.2, -0.15) is 0 Å². The van der Waals surface area contributed by atoms with Crippen LogP contribution in [0, 0.1) is 5.92 Å². The molecule has 1 aromatic carbocycles. The highest BCUT2D eigenvalue weighted by atomic mass is 16.5.